The highest BCUT2D eigenvalue weighted by Gasteiger charge is 2.38. The topological polar surface area (TPSA) is 244 Å². The van der Waals surface area contributed by atoms with Gasteiger partial charge >= 0.3 is 5.97 Å². The summed E-state index contributed by atoms with van der Waals surface area (Å²) in [5.41, 5.74) is 17.6. The van der Waals surface area contributed by atoms with Crippen LogP contribution in [0.4, 0.5) is 0 Å². The van der Waals surface area contributed by atoms with Crippen LogP contribution in [0.1, 0.15) is 37.7 Å². The predicted molar refractivity (Wildman–Crippen MR) is 138 cm³/mol. The number of H-pyrrole nitrogens is 1. The number of carboxylic acids is 1. The molecule has 1 aromatic heterocycles. The molecule has 1 aliphatic rings. The van der Waals surface area contributed by atoms with Gasteiger partial charge in [-0.2, -0.15) is 0 Å². The Morgan fingerprint density at radius 3 is 2.44 bits per heavy atom. The number of aromatic amines is 1. The van der Waals surface area contributed by atoms with Crippen LogP contribution in [0.15, 0.2) is 30.5 Å². The van der Waals surface area contributed by atoms with Crippen molar-refractivity contribution in [3.8, 4) is 0 Å². The van der Waals surface area contributed by atoms with E-state index < -0.39 is 59.7 Å². The average molecular weight is 544 g/mol. The summed E-state index contributed by atoms with van der Waals surface area (Å²) in [6.07, 6.45) is 1.63. The van der Waals surface area contributed by atoms with Gasteiger partial charge in [-0.1, -0.05) is 18.2 Å². The maximum absolute atomic E-state index is 13.3. The van der Waals surface area contributed by atoms with E-state index in [1.165, 1.54) is 4.90 Å². The molecule has 1 saturated heterocycles. The predicted octanol–water partition coefficient (Wildman–Crippen LogP) is -1.78. The average Bonchev–Trinajstić information content (AvgIpc) is 3.52. The Morgan fingerprint density at radius 1 is 1.05 bits per heavy atom. The van der Waals surface area contributed by atoms with E-state index in [9.17, 15) is 33.9 Å². The van der Waals surface area contributed by atoms with Crippen molar-refractivity contribution in [3.63, 3.8) is 0 Å². The Hall–Kier alpha value is -4.46. The molecule has 39 heavy (non-hydrogen) atoms. The van der Waals surface area contributed by atoms with E-state index in [1.54, 1.807) is 6.20 Å². The van der Waals surface area contributed by atoms with Gasteiger partial charge in [0.1, 0.15) is 18.1 Å². The van der Waals surface area contributed by atoms with Crippen molar-refractivity contribution < 1.29 is 33.9 Å². The molecule has 2 aromatic rings. The number of amides is 5. The summed E-state index contributed by atoms with van der Waals surface area (Å²) < 4.78 is 0. The Balaban J connectivity index is 1.82. The molecule has 1 aromatic carbocycles. The number of rotatable bonds is 13. The van der Waals surface area contributed by atoms with Gasteiger partial charge in [0.2, 0.25) is 29.5 Å². The van der Waals surface area contributed by atoms with E-state index >= 15 is 0 Å². The summed E-state index contributed by atoms with van der Waals surface area (Å²) in [4.78, 5) is 77.8. The molecule has 210 valence electrons. The summed E-state index contributed by atoms with van der Waals surface area (Å²) >= 11 is 0. The minimum Gasteiger partial charge on any atom is -0.480 e. The zero-order valence-corrected chi connectivity index (χ0v) is 21.2. The third-order valence-corrected chi connectivity index (χ3v) is 6.60. The van der Waals surface area contributed by atoms with Crippen LogP contribution < -0.4 is 27.8 Å². The van der Waals surface area contributed by atoms with E-state index in [0.29, 0.717) is 18.4 Å². The number of carbonyl (C=O) groups excluding carboxylic acids is 5. The Kier molecular flexibility index (Phi) is 9.60. The van der Waals surface area contributed by atoms with Crippen molar-refractivity contribution in [2.45, 2.75) is 62.7 Å². The maximum Gasteiger partial charge on any atom is 0.326 e. The number of para-hydroxylation sites is 1. The first-order chi connectivity index (χ1) is 18.5. The largest absolute Gasteiger partial charge is 0.480 e. The molecule has 10 N–H and O–H groups in total. The smallest absolute Gasteiger partial charge is 0.326 e. The van der Waals surface area contributed by atoms with E-state index in [0.717, 1.165) is 10.9 Å². The van der Waals surface area contributed by atoms with Gasteiger partial charge in [0.05, 0.1) is 12.5 Å². The van der Waals surface area contributed by atoms with Crippen LogP contribution in [0.25, 0.3) is 10.9 Å². The van der Waals surface area contributed by atoms with E-state index in [2.05, 4.69) is 15.6 Å². The molecule has 0 saturated carbocycles. The Morgan fingerprint density at radius 2 is 1.77 bits per heavy atom. The number of fused-ring (bicyclic) bond motifs is 1. The standard InChI is InChI=1S/C25H33N7O7/c26-15(11-21(28)34)24(37)32-9-3-6-19(32)23(36)31-18(10-13-12-29-16-5-2-1-4-14(13)16)22(35)30-17(25(38)39)7-8-20(27)33/h1-2,4-5,12,15,17-19,29H,3,6-11,26H2,(H2,27,33)(H2,28,34)(H,30,35)(H,31,36)(H,38,39). The first-order valence-corrected chi connectivity index (χ1v) is 12.5. The summed E-state index contributed by atoms with van der Waals surface area (Å²) in [6, 6.07) is 2.54. The number of aliphatic carboxylic acids is 1. The number of benzene rings is 1. The number of hydrogen-bond donors (Lipinski definition) is 7. The fraction of sp³-hybridized carbons (Fsp3) is 0.440. The first-order valence-electron chi connectivity index (χ1n) is 12.5. The van der Waals surface area contributed by atoms with Crippen molar-refractivity contribution in [3.05, 3.63) is 36.0 Å². The van der Waals surface area contributed by atoms with Gasteiger partial charge in [0.15, 0.2) is 0 Å². The minimum atomic E-state index is -1.41. The fourth-order valence-electron chi connectivity index (χ4n) is 4.63. The molecule has 0 aliphatic carbocycles. The number of likely N-dealkylation sites (tertiary alicyclic amines) is 1. The third-order valence-electron chi connectivity index (χ3n) is 6.60. The fourth-order valence-corrected chi connectivity index (χ4v) is 4.63. The molecule has 0 bridgehead atoms. The molecule has 4 atom stereocenters. The zero-order valence-electron chi connectivity index (χ0n) is 21.2. The van der Waals surface area contributed by atoms with Gasteiger partial charge in [-0.05, 0) is 30.9 Å². The second kappa shape index (κ2) is 12.9. The molecule has 5 amide bonds. The van der Waals surface area contributed by atoms with Crippen molar-refractivity contribution in [1.82, 2.24) is 20.5 Å². The normalized spacial score (nSPS) is 17.3. The summed E-state index contributed by atoms with van der Waals surface area (Å²) in [6.45, 7) is 0.233. The highest BCUT2D eigenvalue weighted by molar-refractivity contribution is 5.96. The van der Waals surface area contributed by atoms with E-state index in [4.69, 9.17) is 17.2 Å². The van der Waals surface area contributed by atoms with Crippen LogP contribution >= 0.6 is 0 Å². The lowest BCUT2D eigenvalue weighted by molar-refractivity contribution is -0.143. The molecule has 4 unspecified atom stereocenters. The number of hydrogen-bond acceptors (Lipinski definition) is 7. The van der Waals surface area contributed by atoms with Gasteiger partial charge in [0.25, 0.3) is 0 Å². The molecule has 0 radical (unpaired) electrons. The molecule has 3 rings (SSSR count). The zero-order chi connectivity index (χ0) is 28.7. The highest BCUT2D eigenvalue weighted by atomic mass is 16.4. The molecule has 1 aliphatic heterocycles. The lowest BCUT2D eigenvalue weighted by atomic mass is 10.0. The van der Waals surface area contributed by atoms with Crippen molar-refractivity contribution in [2.75, 3.05) is 6.54 Å². The van der Waals surface area contributed by atoms with Gasteiger partial charge in [-0.3, -0.25) is 24.0 Å². The summed E-state index contributed by atoms with van der Waals surface area (Å²) in [5.74, 6) is -4.86. The van der Waals surface area contributed by atoms with Crippen LogP contribution in [-0.4, -0.2) is 81.2 Å². The minimum absolute atomic E-state index is 0.00556. The molecular formula is C25H33N7O7. The van der Waals surface area contributed by atoms with Crippen LogP contribution in [0, 0.1) is 0 Å². The Labute approximate surface area is 223 Å². The quantitative estimate of drug-likeness (QED) is 0.152. The number of nitrogens with two attached hydrogens (primary N) is 3. The molecule has 2 heterocycles. The number of nitrogens with zero attached hydrogens (tertiary/aromatic N) is 1. The lowest BCUT2D eigenvalue weighted by Crippen LogP contribution is -2.57. The van der Waals surface area contributed by atoms with Crippen LogP contribution in [0.5, 0.6) is 0 Å². The van der Waals surface area contributed by atoms with Crippen molar-refractivity contribution in [1.29, 1.82) is 0 Å². The second-order valence-corrected chi connectivity index (χ2v) is 9.50. The number of carbonyl (C=O) groups is 6. The van der Waals surface area contributed by atoms with Crippen molar-refractivity contribution in [2.24, 2.45) is 17.2 Å². The van der Waals surface area contributed by atoms with Gasteiger partial charge in [-0.25, -0.2) is 4.79 Å². The Bertz CT molecular complexity index is 1260. The number of aromatic nitrogens is 1. The monoisotopic (exact) mass is 543 g/mol. The van der Waals surface area contributed by atoms with Gasteiger partial charge in [-0.15, -0.1) is 0 Å². The van der Waals surface area contributed by atoms with E-state index in [1.807, 2.05) is 24.3 Å². The lowest BCUT2D eigenvalue weighted by Gasteiger charge is -2.28. The van der Waals surface area contributed by atoms with Gasteiger partial charge in [0, 0.05) is 36.5 Å². The number of nitrogens with one attached hydrogen (secondary N) is 3. The molecule has 1 fully saturated rings. The molecule has 0 spiro atoms. The summed E-state index contributed by atoms with van der Waals surface area (Å²) in [5, 5.41) is 15.4. The SMILES string of the molecule is NC(=O)CCC(NC(=O)C(Cc1c[nH]c2ccccc12)NC(=O)C1CCCN1C(=O)C(N)CC(N)=O)C(=O)O. The van der Waals surface area contributed by atoms with Crippen LogP contribution in [-0.2, 0) is 35.2 Å². The van der Waals surface area contributed by atoms with Crippen molar-refractivity contribution >= 4 is 46.4 Å². The number of primary amides is 2. The number of carboxylic acid groups (broad SMARTS) is 1. The van der Waals surface area contributed by atoms with Crippen LogP contribution in [0.3, 0.4) is 0 Å². The third kappa shape index (κ3) is 7.54. The first kappa shape index (κ1) is 29.1. The molecule has 14 heteroatoms. The highest BCUT2D eigenvalue weighted by Crippen LogP contribution is 2.21. The summed E-state index contributed by atoms with van der Waals surface area (Å²) in [7, 11) is 0. The van der Waals surface area contributed by atoms with Gasteiger partial charge < -0.3 is 42.8 Å². The van der Waals surface area contributed by atoms with E-state index in [-0.39, 0.29) is 32.2 Å². The maximum atomic E-state index is 13.3. The second-order valence-electron chi connectivity index (χ2n) is 9.50. The molecule has 14 nitrogen and oxygen atoms in total. The molecular weight excluding hydrogens is 510 g/mol. The van der Waals surface area contributed by atoms with Crippen LogP contribution in [0.2, 0.25) is 0 Å².